The first-order valence-electron chi connectivity index (χ1n) is 11.5. The molecule has 1 aliphatic carbocycles. The minimum absolute atomic E-state index is 0.0481. The zero-order chi connectivity index (χ0) is 23.7. The molecule has 0 saturated heterocycles. The van der Waals surface area contributed by atoms with Gasteiger partial charge in [-0.15, -0.1) is 0 Å². The van der Waals surface area contributed by atoms with Crippen LogP contribution in [0.1, 0.15) is 31.5 Å². The Labute approximate surface area is 194 Å². The average molecular weight is 472 g/mol. The van der Waals surface area contributed by atoms with Crippen LogP contribution in [0.2, 0.25) is 0 Å². The molecule has 180 valence electrons. The molecule has 1 saturated carbocycles. The molecule has 0 spiro atoms. The molecular weight excluding hydrogens is 444 g/mol. The Balaban J connectivity index is 1.35. The van der Waals surface area contributed by atoms with Crippen molar-refractivity contribution in [3.63, 3.8) is 0 Å². The van der Waals surface area contributed by atoms with Crippen molar-refractivity contribution in [2.75, 3.05) is 18.5 Å². The molecule has 5 rings (SSSR count). The third kappa shape index (κ3) is 4.58. The maximum absolute atomic E-state index is 13.0. The minimum atomic E-state index is -2.49. The van der Waals surface area contributed by atoms with Crippen molar-refractivity contribution in [2.24, 2.45) is 0 Å². The van der Waals surface area contributed by atoms with Gasteiger partial charge in [-0.2, -0.15) is 4.98 Å². The molecule has 1 fully saturated rings. The second-order valence-electron chi connectivity index (χ2n) is 8.57. The number of fused-ring (bicyclic) bond motifs is 2. The lowest BCUT2D eigenvalue weighted by atomic mass is 9.93. The van der Waals surface area contributed by atoms with Crippen molar-refractivity contribution in [2.45, 2.75) is 57.7 Å². The minimum Gasteiger partial charge on any atom is -0.394 e. The first kappa shape index (κ1) is 22.6. The molecule has 4 aromatic heterocycles. The van der Waals surface area contributed by atoms with Crippen LogP contribution in [0.4, 0.5) is 14.7 Å². The molecule has 0 radical (unpaired) electrons. The van der Waals surface area contributed by atoms with Gasteiger partial charge in [0.1, 0.15) is 17.0 Å². The quantitative estimate of drug-likeness (QED) is 0.359. The van der Waals surface area contributed by atoms with Gasteiger partial charge in [-0.05, 0) is 44.7 Å². The summed E-state index contributed by atoms with van der Waals surface area (Å²) in [4.78, 5) is 21.3. The Morgan fingerprint density at radius 2 is 2.03 bits per heavy atom. The van der Waals surface area contributed by atoms with Crippen LogP contribution in [-0.4, -0.2) is 66.4 Å². The van der Waals surface area contributed by atoms with Crippen LogP contribution in [0, 0.1) is 6.92 Å². The van der Waals surface area contributed by atoms with E-state index < -0.39 is 13.0 Å². The van der Waals surface area contributed by atoms with Crippen LogP contribution in [0.15, 0.2) is 24.5 Å². The fraction of sp³-hybridized carbons (Fsp3) is 0.478. The van der Waals surface area contributed by atoms with Gasteiger partial charge in [0, 0.05) is 29.4 Å². The Morgan fingerprint density at radius 3 is 2.79 bits per heavy atom. The molecule has 0 unspecified atom stereocenters. The van der Waals surface area contributed by atoms with E-state index in [1.54, 1.807) is 19.2 Å². The lowest BCUT2D eigenvalue weighted by Gasteiger charge is -2.28. The van der Waals surface area contributed by atoms with E-state index in [2.05, 4.69) is 30.2 Å². The van der Waals surface area contributed by atoms with Crippen LogP contribution in [0.3, 0.4) is 0 Å². The van der Waals surface area contributed by atoms with E-state index >= 15 is 0 Å². The van der Waals surface area contributed by atoms with E-state index in [-0.39, 0.29) is 18.8 Å². The van der Waals surface area contributed by atoms with Crippen molar-refractivity contribution in [1.29, 1.82) is 0 Å². The summed E-state index contributed by atoms with van der Waals surface area (Å²) in [7, 11) is 0. The van der Waals surface area contributed by atoms with E-state index in [9.17, 15) is 8.78 Å². The first-order valence-corrected chi connectivity index (χ1v) is 11.5. The first-order chi connectivity index (χ1) is 16.5. The number of rotatable bonds is 8. The molecule has 1 aliphatic rings. The summed E-state index contributed by atoms with van der Waals surface area (Å²) in [5.41, 5.74) is 3.13. The lowest BCUT2D eigenvalue weighted by molar-refractivity contribution is 0.00719. The third-order valence-electron chi connectivity index (χ3n) is 6.26. The number of alkyl halides is 2. The normalized spacial score (nSPS) is 18.9. The predicted octanol–water partition coefficient (Wildman–Crippen LogP) is 3.68. The summed E-state index contributed by atoms with van der Waals surface area (Å²) in [6.07, 6.45) is 5.03. The van der Waals surface area contributed by atoms with Gasteiger partial charge < -0.3 is 24.7 Å². The lowest BCUT2D eigenvalue weighted by Crippen LogP contribution is -2.30. The standard InChI is InChI=1S/C23H27F2N7O2/c1-13-28-19-7-6-18(30-22(19)32(13)12-20(24)25)16-10-26-21-17(16)11-27-23(31-21)29-14-2-4-15(5-3-14)34-9-8-33/h6-7,10-11,14-15,20,33H,2-5,8-9,12H2,1H3,(H2,26,27,29,31)/t14-,15-. The number of aromatic nitrogens is 6. The number of aryl methyl sites for hydroxylation is 1. The summed E-state index contributed by atoms with van der Waals surface area (Å²) in [6.45, 7) is 1.69. The highest BCUT2D eigenvalue weighted by Crippen LogP contribution is 2.29. The average Bonchev–Trinajstić information content (AvgIpc) is 3.38. The van der Waals surface area contributed by atoms with Gasteiger partial charge in [0.15, 0.2) is 5.65 Å². The van der Waals surface area contributed by atoms with Gasteiger partial charge in [0.2, 0.25) is 5.95 Å². The second-order valence-corrected chi connectivity index (χ2v) is 8.57. The number of hydrogen-bond acceptors (Lipinski definition) is 7. The number of H-pyrrole nitrogens is 1. The Morgan fingerprint density at radius 1 is 1.21 bits per heavy atom. The van der Waals surface area contributed by atoms with E-state index in [0.717, 1.165) is 36.6 Å². The van der Waals surface area contributed by atoms with Crippen molar-refractivity contribution >= 4 is 28.1 Å². The second kappa shape index (κ2) is 9.59. The molecule has 0 aromatic carbocycles. The van der Waals surface area contributed by atoms with Crippen molar-refractivity contribution in [3.05, 3.63) is 30.4 Å². The number of aromatic amines is 1. The number of hydrogen-bond donors (Lipinski definition) is 3. The SMILES string of the molecule is Cc1nc2ccc(-c3c[nH]c4nc(N[C@H]5CC[C@H](OCCO)CC5)ncc34)nc2n1CC(F)F. The van der Waals surface area contributed by atoms with E-state index in [4.69, 9.17) is 9.84 Å². The number of anilines is 1. The van der Waals surface area contributed by atoms with Crippen LogP contribution in [0.5, 0.6) is 0 Å². The molecule has 11 heteroatoms. The molecular formula is C23H27F2N7O2. The number of imidazole rings is 1. The fourth-order valence-electron chi connectivity index (χ4n) is 4.59. The fourth-order valence-corrected chi connectivity index (χ4v) is 4.59. The van der Waals surface area contributed by atoms with Gasteiger partial charge in [-0.1, -0.05) is 0 Å². The van der Waals surface area contributed by atoms with Crippen LogP contribution < -0.4 is 5.32 Å². The van der Waals surface area contributed by atoms with Crippen LogP contribution in [-0.2, 0) is 11.3 Å². The highest BCUT2D eigenvalue weighted by Gasteiger charge is 2.22. The molecule has 4 heterocycles. The van der Waals surface area contributed by atoms with Gasteiger partial charge in [-0.3, -0.25) is 0 Å². The highest BCUT2D eigenvalue weighted by atomic mass is 19.3. The summed E-state index contributed by atoms with van der Waals surface area (Å²) in [5.74, 6) is 1.06. The summed E-state index contributed by atoms with van der Waals surface area (Å²) in [5, 5.41) is 13.1. The van der Waals surface area contributed by atoms with Crippen molar-refractivity contribution in [1.82, 2.24) is 29.5 Å². The number of halogens is 2. The number of ether oxygens (including phenoxy) is 1. The Kier molecular flexibility index (Phi) is 6.38. The Hall–Kier alpha value is -3.18. The zero-order valence-corrected chi connectivity index (χ0v) is 18.8. The van der Waals surface area contributed by atoms with Gasteiger partial charge in [0.25, 0.3) is 6.43 Å². The number of pyridine rings is 1. The van der Waals surface area contributed by atoms with E-state index in [1.807, 2.05) is 12.3 Å². The monoisotopic (exact) mass is 471 g/mol. The van der Waals surface area contributed by atoms with E-state index in [1.165, 1.54) is 4.57 Å². The van der Waals surface area contributed by atoms with Crippen molar-refractivity contribution in [3.8, 4) is 11.3 Å². The molecule has 0 atom stereocenters. The maximum Gasteiger partial charge on any atom is 0.256 e. The summed E-state index contributed by atoms with van der Waals surface area (Å²) < 4.78 is 33.2. The summed E-state index contributed by atoms with van der Waals surface area (Å²) >= 11 is 0. The number of nitrogens with one attached hydrogen (secondary N) is 2. The largest absolute Gasteiger partial charge is 0.394 e. The molecule has 0 amide bonds. The maximum atomic E-state index is 13.0. The number of nitrogens with zero attached hydrogens (tertiary/aromatic N) is 5. The summed E-state index contributed by atoms with van der Waals surface area (Å²) in [6, 6.07) is 3.89. The highest BCUT2D eigenvalue weighted by molar-refractivity contribution is 5.93. The molecule has 34 heavy (non-hydrogen) atoms. The van der Waals surface area contributed by atoms with Gasteiger partial charge >= 0.3 is 0 Å². The molecule has 9 nitrogen and oxygen atoms in total. The molecule has 4 aromatic rings. The topological polar surface area (TPSA) is 114 Å². The number of aliphatic hydroxyl groups is 1. The van der Waals surface area contributed by atoms with Crippen LogP contribution in [0.25, 0.3) is 33.5 Å². The van der Waals surface area contributed by atoms with Crippen molar-refractivity contribution < 1.29 is 18.6 Å². The molecule has 0 aliphatic heterocycles. The molecule has 3 N–H and O–H groups in total. The Bertz CT molecular complexity index is 1280. The van der Waals surface area contributed by atoms with Gasteiger partial charge in [0.05, 0.1) is 31.6 Å². The number of aliphatic hydroxyl groups excluding tert-OH is 1. The predicted molar refractivity (Wildman–Crippen MR) is 124 cm³/mol. The smallest absolute Gasteiger partial charge is 0.256 e. The van der Waals surface area contributed by atoms with Crippen LogP contribution >= 0.6 is 0 Å². The third-order valence-corrected chi connectivity index (χ3v) is 6.26. The van der Waals surface area contributed by atoms with E-state index in [0.29, 0.717) is 40.9 Å². The van der Waals surface area contributed by atoms with Gasteiger partial charge in [-0.25, -0.2) is 23.7 Å². The zero-order valence-electron chi connectivity index (χ0n) is 18.8. The molecule has 0 bridgehead atoms.